The van der Waals surface area contributed by atoms with Crippen LogP contribution in [0.4, 0.5) is 21.9 Å². The molecule has 1 aliphatic heterocycles. The van der Waals surface area contributed by atoms with Gasteiger partial charge in [0.25, 0.3) is 0 Å². The summed E-state index contributed by atoms with van der Waals surface area (Å²) in [6.07, 6.45) is 0.0994. The molecule has 0 spiro atoms. The lowest BCUT2D eigenvalue weighted by atomic mass is 10.3. The molecule has 3 aromatic rings. The van der Waals surface area contributed by atoms with E-state index < -0.39 is 5.25 Å². The maximum atomic E-state index is 12.9. The van der Waals surface area contributed by atoms with Crippen LogP contribution in [0.5, 0.6) is 0 Å². The predicted octanol–water partition coefficient (Wildman–Crippen LogP) is 5.41. The lowest BCUT2D eigenvalue weighted by Crippen LogP contribution is -2.31. The van der Waals surface area contributed by atoms with E-state index in [-0.39, 0.29) is 24.3 Å². The largest absolute Gasteiger partial charge is 0.323 e. The average Bonchev–Trinajstić information content (AvgIpc) is 3.02. The second kappa shape index (κ2) is 9.24. The van der Waals surface area contributed by atoms with E-state index in [9.17, 15) is 14.4 Å². The zero-order valence-electron chi connectivity index (χ0n) is 16.2. The highest BCUT2D eigenvalue weighted by atomic mass is 35.5. The second-order valence-electron chi connectivity index (χ2n) is 6.83. The van der Waals surface area contributed by atoms with E-state index in [0.29, 0.717) is 22.1 Å². The first-order valence-corrected chi connectivity index (χ1v) is 10.8. The van der Waals surface area contributed by atoms with Gasteiger partial charge in [-0.05, 0) is 48.5 Å². The number of benzene rings is 3. The minimum Gasteiger partial charge on any atom is -0.308 e. The van der Waals surface area contributed by atoms with Crippen LogP contribution in [0.1, 0.15) is 6.42 Å². The number of amides is 4. The van der Waals surface area contributed by atoms with Gasteiger partial charge in [0.05, 0.1) is 10.9 Å². The fourth-order valence-corrected chi connectivity index (χ4v) is 4.51. The third kappa shape index (κ3) is 5.07. The molecule has 6 nitrogen and oxygen atoms in total. The van der Waals surface area contributed by atoms with Gasteiger partial charge < -0.3 is 10.6 Å². The van der Waals surface area contributed by atoms with Gasteiger partial charge >= 0.3 is 6.03 Å². The minimum absolute atomic E-state index is 0.0994. The Balaban J connectivity index is 1.42. The normalized spacial score (nSPS) is 15.8. The van der Waals surface area contributed by atoms with Crippen molar-refractivity contribution in [3.05, 3.63) is 83.9 Å². The molecule has 2 N–H and O–H groups in total. The van der Waals surface area contributed by atoms with E-state index in [2.05, 4.69) is 10.6 Å². The van der Waals surface area contributed by atoms with Crippen molar-refractivity contribution >= 4 is 58.3 Å². The van der Waals surface area contributed by atoms with E-state index >= 15 is 0 Å². The molecule has 1 fully saturated rings. The monoisotopic (exact) mass is 451 g/mol. The number of rotatable bonds is 5. The second-order valence-corrected chi connectivity index (χ2v) is 8.54. The van der Waals surface area contributed by atoms with E-state index in [1.165, 1.54) is 16.7 Å². The molecule has 0 radical (unpaired) electrons. The molecule has 0 bridgehead atoms. The molecule has 1 heterocycles. The standard InChI is InChI=1S/C23H18ClN3O3S/c24-15-6-4-10-18(12-15)27-21(28)14-20(22(27)29)31-19-11-5-9-17(13-19)26-23(30)25-16-7-2-1-3-8-16/h1-13,20H,14H2,(H2,25,26,30)/t20-/m1/s1. The van der Waals surface area contributed by atoms with Crippen molar-refractivity contribution < 1.29 is 14.4 Å². The van der Waals surface area contributed by atoms with Crippen molar-refractivity contribution in [3.63, 3.8) is 0 Å². The summed E-state index contributed by atoms with van der Waals surface area (Å²) in [5.41, 5.74) is 1.74. The number of anilines is 3. The third-order valence-electron chi connectivity index (χ3n) is 4.57. The number of carbonyl (C=O) groups excluding carboxylic acids is 3. The Labute approximate surface area is 188 Å². The molecule has 0 unspecified atom stereocenters. The lowest BCUT2D eigenvalue weighted by molar-refractivity contribution is -0.121. The van der Waals surface area contributed by atoms with Gasteiger partial charge in [-0.15, -0.1) is 11.8 Å². The Morgan fingerprint density at radius 2 is 1.61 bits per heavy atom. The third-order valence-corrected chi connectivity index (χ3v) is 5.99. The molecular weight excluding hydrogens is 434 g/mol. The van der Waals surface area contributed by atoms with Gasteiger partial charge in [0.2, 0.25) is 11.8 Å². The van der Waals surface area contributed by atoms with Gasteiger partial charge in [0, 0.05) is 27.7 Å². The van der Waals surface area contributed by atoms with Crippen LogP contribution in [-0.2, 0) is 9.59 Å². The number of thioether (sulfide) groups is 1. The number of imide groups is 1. The number of urea groups is 1. The number of carbonyl (C=O) groups is 3. The van der Waals surface area contributed by atoms with E-state index in [1.807, 2.05) is 24.3 Å². The van der Waals surface area contributed by atoms with Crippen molar-refractivity contribution in [2.24, 2.45) is 0 Å². The highest BCUT2D eigenvalue weighted by Crippen LogP contribution is 2.35. The first-order valence-electron chi connectivity index (χ1n) is 9.52. The van der Waals surface area contributed by atoms with Crippen LogP contribution in [0.2, 0.25) is 5.02 Å². The Hall–Kier alpha value is -3.29. The van der Waals surface area contributed by atoms with Crippen molar-refractivity contribution in [3.8, 4) is 0 Å². The molecule has 1 saturated heterocycles. The summed E-state index contributed by atoms with van der Waals surface area (Å²) in [5.74, 6) is -0.543. The van der Waals surface area contributed by atoms with Crippen LogP contribution < -0.4 is 15.5 Å². The zero-order chi connectivity index (χ0) is 21.8. The van der Waals surface area contributed by atoms with Crippen molar-refractivity contribution in [2.75, 3.05) is 15.5 Å². The summed E-state index contributed by atoms with van der Waals surface area (Å²) >= 11 is 7.29. The number of hydrogen-bond acceptors (Lipinski definition) is 4. The maximum absolute atomic E-state index is 12.9. The van der Waals surface area contributed by atoms with Crippen LogP contribution in [0, 0.1) is 0 Å². The predicted molar refractivity (Wildman–Crippen MR) is 124 cm³/mol. The van der Waals surface area contributed by atoms with Gasteiger partial charge in [-0.1, -0.05) is 41.9 Å². The molecular formula is C23H18ClN3O3S. The zero-order valence-corrected chi connectivity index (χ0v) is 17.8. The number of nitrogens with zero attached hydrogens (tertiary/aromatic N) is 1. The molecule has 156 valence electrons. The molecule has 3 aromatic carbocycles. The first kappa shape index (κ1) is 21.0. The fraction of sp³-hybridized carbons (Fsp3) is 0.0870. The summed E-state index contributed by atoms with van der Waals surface area (Å²) in [6.45, 7) is 0. The van der Waals surface area contributed by atoms with Gasteiger partial charge in [-0.3, -0.25) is 9.59 Å². The molecule has 4 amide bonds. The van der Waals surface area contributed by atoms with Crippen LogP contribution in [0.25, 0.3) is 0 Å². The summed E-state index contributed by atoms with van der Waals surface area (Å²) in [6, 6.07) is 22.6. The molecule has 1 atom stereocenters. The Bertz CT molecular complexity index is 1140. The smallest absolute Gasteiger partial charge is 0.308 e. The quantitative estimate of drug-likeness (QED) is 0.508. The van der Waals surface area contributed by atoms with Crippen molar-refractivity contribution in [1.82, 2.24) is 0 Å². The molecule has 4 rings (SSSR count). The highest BCUT2D eigenvalue weighted by Gasteiger charge is 2.40. The van der Waals surface area contributed by atoms with Crippen LogP contribution in [-0.4, -0.2) is 23.1 Å². The van der Waals surface area contributed by atoms with Crippen LogP contribution in [0.15, 0.2) is 83.8 Å². The van der Waals surface area contributed by atoms with Gasteiger partial charge in [-0.2, -0.15) is 0 Å². The fourth-order valence-electron chi connectivity index (χ4n) is 3.21. The maximum Gasteiger partial charge on any atom is 0.323 e. The topological polar surface area (TPSA) is 78.5 Å². The molecule has 0 aliphatic carbocycles. The molecule has 1 aliphatic rings. The lowest BCUT2D eigenvalue weighted by Gasteiger charge is -2.15. The van der Waals surface area contributed by atoms with Crippen LogP contribution in [0.3, 0.4) is 0 Å². The van der Waals surface area contributed by atoms with Gasteiger partial charge in [0.15, 0.2) is 0 Å². The minimum atomic E-state index is -0.542. The van der Waals surface area contributed by atoms with Crippen LogP contribution >= 0.6 is 23.4 Å². The van der Waals surface area contributed by atoms with E-state index in [4.69, 9.17) is 11.6 Å². The van der Waals surface area contributed by atoms with Crippen molar-refractivity contribution in [2.45, 2.75) is 16.6 Å². The SMILES string of the molecule is O=C(Nc1ccccc1)Nc1cccc(S[C@@H]2CC(=O)N(c3cccc(Cl)c3)C2=O)c1. The van der Waals surface area contributed by atoms with E-state index in [1.54, 1.807) is 54.6 Å². The Morgan fingerprint density at radius 3 is 2.39 bits per heavy atom. The molecule has 8 heteroatoms. The van der Waals surface area contributed by atoms with Gasteiger partial charge in [0.1, 0.15) is 0 Å². The molecule has 0 saturated carbocycles. The number of para-hydroxylation sites is 1. The van der Waals surface area contributed by atoms with E-state index in [0.717, 1.165) is 4.90 Å². The Kier molecular flexibility index (Phi) is 6.25. The molecule has 31 heavy (non-hydrogen) atoms. The van der Waals surface area contributed by atoms with Gasteiger partial charge in [-0.25, -0.2) is 9.69 Å². The summed E-state index contributed by atoms with van der Waals surface area (Å²) in [4.78, 5) is 39.5. The number of nitrogens with one attached hydrogen (secondary N) is 2. The Morgan fingerprint density at radius 1 is 0.903 bits per heavy atom. The summed E-state index contributed by atoms with van der Waals surface area (Å²) < 4.78 is 0. The molecule has 0 aromatic heterocycles. The first-order chi connectivity index (χ1) is 15.0. The number of hydrogen-bond donors (Lipinski definition) is 2. The highest BCUT2D eigenvalue weighted by molar-refractivity contribution is 8.00. The average molecular weight is 452 g/mol. The van der Waals surface area contributed by atoms with Crippen molar-refractivity contribution in [1.29, 1.82) is 0 Å². The summed E-state index contributed by atoms with van der Waals surface area (Å²) in [5, 5.41) is 5.45. The number of halogens is 1. The summed E-state index contributed by atoms with van der Waals surface area (Å²) in [7, 11) is 0.